The molecule has 0 radical (unpaired) electrons. The molecule has 1 aromatic rings. The van der Waals surface area contributed by atoms with Gasteiger partial charge in [-0.05, 0) is 32.8 Å². The molecule has 0 spiro atoms. The highest BCUT2D eigenvalue weighted by atomic mass is 16.6. The summed E-state index contributed by atoms with van der Waals surface area (Å²) in [5.41, 5.74) is 0.0976. The second kappa shape index (κ2) is 6.54. The molecule has 1 atom stereocenters. The minimum Gasteiger partial charge on any atom is -0.370 e. The van der Waals surface area contributed by atoms with Crippen LogP contribution in [0.15, 0.2) is 12.1 Å². The lowest BCUT2D eigenvalue weighted by molar-refractivity contribution is -0.384. The fourth-order valence-corrected chi connectivity index (χ4v) is 2.66. The molecule has 1 aromatic heterocycles. The number of pyridine rings is 1. The van der Waals surface area contributed by atoms with Gasteiger partial charge in [0, 0.05) is 25.2 Å². The van der Waals surface area contributed by atoms with Gasteiger partial charge in [0.25, 0.3) is 0 Å². The van der Waals surface area contributed by atoms with E-state index in [1.165, 1.54) is 12.8 Å². The number of nitrogens with zero attached hydrogens (tertiary/aromatic N) is 3. The van der Waals surface area contributed by atoms with E-state index in [0.29, 0.717) is 17.7 Å². The van der Waals surface area contributed by atoms with Crippen molar-refractivity contribution >= 4 is 17.3 Å². The van der Waals surface area contributed by atoms with Gasteiger partial charge >= 0.3 is 5.69 Å². The molecule has 1 aliphatic rings. The van der Waals surface area contributed by atoms with Crippen LogP contribution in [0.3, 0.4) is 0 Å². The van der Waals surface area contributed by atoms with Crippen molar-refractivity contribution in [2.24, 2.45) is 0 Å². The predicted octanol–water partition coefficient (Wildman–Crippen LogP) is 3.19. The Labute approximate surface area is 119 Å². The molecule has 0 aromatic carbocycles. The third-order valence-electron chi connectivity index (χ3n) is 3.73. The van der Waals surface area contributed by atoms with E-state index < -0.39 is 0 Å². The number of nitro groups is 1. The highest BCUT2D eigenvalue weighted by Gasteiger charge is 2.26. The minimum absolute atomic E-state index is 0.0976. The SMILES string of the molecule is CCNc1ccc([N+](=O)[O-])c(N2CCCCCC2C)n1. The topological polar surface area (TPSA) is 71.3 Å². The molecule has 2 rings (SSSR count). The Bertz CT molecular complexity index is 478. The highest BCUT2D eigenvalue weighted by Crippen LogP contribution is 2.31. The van der Waals surface area contributed by atoms with Crippen LogP contribution >= 0.6 is 0 Å². The van der Waals surface area contributed by atoms with Gasteiger partial charge in [-0.2, -0.15) is 0 Å². The molecule has 0 amide bonds. The second-order valence-electron chi connectivity index (χ2n) is 5.22. The van der Waals surface area contributed by atoms with Crippen LogP contribution in [-0.2, 0) is 0 Å². The summed E-state index contributed by atoms with van der Waals surface area (Å²) in [6.07, 6.45) is 4.48. The van der Waals surface area contributed by atoms with Gasteiger partial charge in [0.1, 0.15) is 5.82 Å². The van der Waals surface area contributed by atoms with Crippen molar-refractivity contribution in [2.45, 2.75) is 45.6 Å². The zero-order valence-corrected chi connectivity index (χ0v) is 12.1. The molecule has 1 saturated heterocycles. The smallest absolute Gasteiger partial charge is 0.311 e. The lowest BCUT2D eigenvalue weighted by Gasteiger charge is -2.28. The fourth-order valence-electron chi connectivity index (χ4n) is 2.66. The summed E-state index contributed by atoms with van der Waals surface area (Å²) in [6.45, 7) is 5.69. The maximum absolute atomic E-state index is 11.2. The van der Waals surface area contributed by atoms with Gasteiger partial charge in [-0.1, -0.05) is 12.8 Å². The summed E-state index contributed by atoms with van der Waals surface area (Å²) in [7, 11) is 0. The molecular weight excluding hydrogens is 256 g/mol. The van der Waals surface area contributed by atoms with Crippen LogP contribution in [0.25, 0.3) is 0 Å². The summed E-state index contributed by atoms with van der Waals surface area (Å²) in [6, 6.07) is 3.52. The summed E-state index contributed by atoms with van der Waals surface area (Å²) >= 11 is 0. The summed E-state index contributed by atoms with van der Waals surface area (Å²) in [5.74, 6) is 1.20. The van der Waals surface area contributed by atoms with E-state index in [-0.39, 0.29) is 10.6 Å². The molecule has 0 bridgehead atoms. The monoisotopic (exact) mass is 278 g/mol. The van der Waals surface area contributed by atoms with Crippen molar-refractivity contribution in [1.29, 1.82) is 0 Å². The van der Waals surface area contributed by atoms with E-state index in [1.54, 1.807) is 12.1 Å². The maximum Gasteiger partial charge on any atom is 0.311 e. The van der Waals surface area contributed by atoms with Crippen LogP contribution in [0.4, 0.5) is 17.3 Å². The number of anilines is 2. The van der Waals surface area contributed by atoms with E-state index in [0.717, 1.165) is 25.9 Å². The quantitative estimate of drug-likeness (QED) is 0.676. The first-order valence-corrected chi connectivity index (χ1v) is 7.29. The van der Waals surface area contributed by atoms with Gasteiger partial charge in [0.15, 0.2) is 0 Å². The zero-order valence-electron chi connectivity index (χ0n) is 12.1. The number of hydrogen-bond donors (Lipinski definition) is 1. The second-order valence-corrected chi connectivity index (χ2v) is 5.22. The molecule has 1 fully saturated rings. The number of rotatable bonds is 4. The van der Waals surface area contributed by atoms with E-state index in [4.69, 9.17) is 0 Å². The van der Waals surface area contributed by atoms with Gasteiger partial charge in [-0.3, -0.25) is 10.1 Å². The number of hydrogen-bond acceptors (Lipinski definition) is 5. The van der Waals surface area contributed by atoms with E-state index in [1.807, 2.05) is 6.92 Å². The average Bonchev–Trinajstić information content (AvgIpc) is 2.63. The zero-order chi connectivity index (χ0) is 14.5. The van der Waals surface area contributed by atoms with Gasteiger partial charge in [-0.15, -0.1) is 0 Å². The van der Waals surface area contributed by atoms with Crippen molar-refractivity contribution in [3.63, 3.8) is 0 Å². The molecule has 20 heavy (non-hydrogen) atoms. The van der Waals surface area contributed by atoms with Gasteiger partial charge < -0.3 is 10.2 Å². The molecule has 1 aliphatic heterocycles. The minimum atomic E-state index is -0.338. The van der Waals surface area contributed by atoms with Crippen LogP contribution in [-0.4, -0.2) is 29.0 Å². The Morgan fingerprint density at radius 3 is 2.95 bits per heavy atom. The first-order chi connectivity index (χ1) is 9.63. The molecule has 6 heteroatoms. The molecule has 0 aliphatic carbocycles. The van der Waals surface area contributed by atoms with Gasteiger partial charge in [0.2, 0.25) is 5.82 Å². The molecule has 2 heterocycles. The van der Waals surface area contributed by atoms with Gasteiger partial charge in [0.05, 0.1) is 4.92 Å². The van der Waals surface area contributed by atoms with Crippen molar-refractivity contribution in [1.82, 2.24) is 4.98 Å². The number of nitrogens with one attached hydrogen (secondary N) is 1. The van der Waals surface area contributed by atoms with Crippen LogP contribution in [0.2, 0.25) is 0 Å². The molecule has 0 saturated carbocycles. The Balaban J connectivity index is 2.39. The Morgan fingerprint density at radius 2 is 2.25 bits per heavy atom. The van der Waals surface area contributed by atoms with Crippen molar-refractivity contribution in [2.75, 3.05) is 23.3 Å². The van der Waals surface area contributed by atoms with E-state index in [9.17, 15) is 10.1 Å². The Morgan fingerprint density at radius 1 is 1.45 bits per heavy atom. The molecule has 1 N–H and O–H groups in total. The summed E-state index contributed by atoms with van der Waals surface area (Å²) < 4.78 is 0. The molecule has 1 unspecified atom stereocenters. The van der Waals surface area contributed by atoms with Gasteiger partial charge in [-0.25, -0.2) is 4.98 Å². The van der Waals surface area contributed by atoms with Crippen molar-refractivity contribution < 1.29 is 4.92 Å². The predicted molar refractivity (Wildman–Crippen MR) is 80.3 cm³/mol. The largest absolute Gasteiger partial charge is 0.370 e. The van der Waals surface area contributed by atoms with Crippen LogP contribution in [0.5, 0.6) is 0 Å². The van der Waals surface area contributed by atoms with Crippen LogP contribution < -0.4 is 10.2 Å². The third kappa shape index (κ3) is 3.18. The Hall–Kier alpha value is -1.85. The van der Waals surface area contributed by atoms with E-state index >= 15 is 0 Å². The first kappa shape index (κ1) is 14.6. The number of aromatic nitrogens is 1. The fraction of sp³-hybridized carbons (Fsp3) is 0.643. The summed E-state index contributed by atoms with van der Waals surface area (Å²) in [4.78, 5) is 17.5. The normalized spacial score (nSPS) is 19.5. The maximum atomic E-state index is 11.2. The van der Waals surface area contributed by atoms with Crippen LogP contribution in [0.1, 0.15) is 39.5 Å². The molecule has 6 nitrogen and oxygen atoms in total. The average molecular weight is 278 g/mol. The lowest BCUT2D eigenvalue weighted by atomic mass is 10.1. The molecule has 110 valence electrons. The first-order valence-electron chi connectivity index (χ1n) is 7.29. The van der Waals surface area contributed by atoms with Crippen molar-refractivity contribution in [3.8, 4) is 0 Å². The summed E-state index contributed by atoms with van der Waals surface area (Å²) in [5, 5.41) is 14.4. The van der Waals surface area contributed by atoms with Crippen LogP contribution in [0, 0.1) is 10.1 Å². The third-order valence-corrected chi connectivity index (χ3v) is 3.73. The standard InChI is InChI=1S/C14H22N4O2/c1-3-15-13-9-8-12(18(19)20)14(16-13)17-10-6-4-5-7-11(17)2/h8-9,11H,3-7,10H2,1-2H3,(H,15,16). The van der Waals surface area contributed by atoms with E-state index in [2.05, 4.69) is 22.1 Å². The Kier molecular flexibility index (Phi) is 4.76. The molecular formula is C14H22N4O2. The van der Waals surface area contributed by atoms with Crippen molar-refractivity contribution in [3.05, 3.63) is 22.2 Å². The highest BCUT2D eigenvalue weighted by molar-refractivity contribution is 5.62. The lowest BCUT2D eigenvalue weighted by Crippen LogP contribution is -2.33.